The lowest BCUT2D eigenvalue weighted by atomic mass is 9.95. The van der Waals surface area contributed by atoms with E-state index < -0.39 is 0 Å². The van der Waals surface area contributed by atoms with Crippen molar-refractivity contribution in [1.29, 1.82) is 0 Å². The lowest BCUT2D eigenvalue weighted by Crippen LogP contribution is -2.34. The molecule has 1 aliphatic rings. The fourth-order valence-electron chi connectivity index (χ4n) is 2.57. The average molecular weight is 340 g/mol. The highest BCUT2D eigenvalue weighted by molar-refractivity contribution is 7.09. The Kier molecular flexibility index (Phi) is 9.38. The summed E-state index contributed by atoms with van der Waals surface area (Å²) < 4.78 is 0. The molecule has 116 valence electrons. The van der Waals surface area contributed by atoms with E-state index in [9.17, 15) is 4.79 Å². The number of nitrogens with zero attached hydrogens (tertiary/aromatic N) is 1. The van der Waals surface area contributed by atoms with E-state index in [0.717, 1.165) is 36.4 Å². The molecule has 7 heteroatoms. The first-order chi connectivity index (χ1) is 8.74. The highest BCUT2D eigenvalue weighted by Crippen LogP contribution is 2.30. The van der Waals surface area contributed by atoms with Gasteiger partial charge in [-0.15, -0.1) is 36.2 Å². The summed E-state index contributed by atoms with van der Waals surface area (Å²) >= 11 is 1.66. The zero-order valence-electron chi connectivity index (χ0n) is 11.6. The van der Waals surface area contributed by atoms with Crippen LogP contribution in [0.2, 0.25) is 0 Å². The largest absolute Gasteiger partial charge is 0.350 e. The number of amides is 1. The number of nitrogens with two attached hydrogens (primary N) is 1. The molecule has 1 aliphatic carbocycles. The number of halogens is 2. The average Bonchev–Trinajstić information content (AvgIpc) is 3.04. The molecule has 0 radical (unpaired) electrons. The van der Waals surface area contributed by atoms with Crippen LogP contribution in [0.15, 0.2) is 5.38 Å². The van der Waals surface area contributed by atoms with Gasteiger partial charge in [0, 0.05) is 11.3 Å². The molecule has 1 fully saturated rings. The molecule has 1 aromatic rings. The Labute approximate surface area is 136 Å². The van der Waals surface area contributed by atoms with Crippen LogP contribution in [0.1, 0.15) is 36.9 Å². The van der Waals surface area contributed by atoms with Crippen molar-refractivity contribution in [2.75, 3.05) is 6.54 Å². The van der Waals surface area contributed by atoms with Crippen LogP contribution in [-0.4, -0.2) is 17.4 Å². The Bertz CT molecular complexity index is 414. The summed E-state index contributed by atoms with van der Waals surface area (Å²) in [6.45, 7) is 3.25. The Morgan fingerprint density at radius 2 is 2.25 bits per heavy atom. The molecule has 20 heavy (non-hydrogen) atoms. The molecule has 0 aliphatic heterocycles. The highest BCUT2D eigenvalue weighted by atomic mass is 35.5. The molecule has 0 aromatic carbocycles. The second-order valence-corrected chi connectivity index (χ2v) is 5.78. The quantitative estimate of drug-likeness (QED) is 0.866. The summed E-state index contributed by atoms with van der Waals surface area (Å²) in [6.07, 6.45) is 4.14. The summed E-state index contributed by atoms with van der Waals surface area (Å²) in [5.41, 5.74) is 6.67. The number of carbonyl (C=O) groups is 1. The molecule has 1 amide bonds. The van der Waals surface area contributed by atoms with Crippen LogP contribution in [0.4, 0.5) is 0 Å². The number of carbonyl (C=O) groups excluding carboxylic acids is 1. The maximum absolute atomic E-state index is 12.1. The van der Waals surface area contributed by atoms with Crippen LogP contribution < -0.4 is 11.1 Å². The Morgan fingerprint density at radius 1 is 1.50 bits per heavy atom. The molecule has 3 N–H and O–H groups in total. The molecule has 4 nitrogen and oxygen atoms in total. The van der Waals surface area contributed by atoms with E-state index in [0.29, 0.717) is 19.0 Å². The smallest absolute Gasteiger partial charge is 0.223 e. The summed E-state index contributed by atoms with van der Waals surface area (Å²) in [6, 6.07) is 0. The summed E-state index contributed by atoms with van der Waals surface area (Å²) in [5.74, 6) is 0.625. The van der Waals surface area contributed by atoms with Crippen LogP contribution in [-0.2, 0) is 17.8 Å². The number of hydrogen-bond acceptors (Lipinski definition) is 4. The molecule has 0 bridgehead atoms. The third-order valence-electron chi connectivity index (χ3n) is 3.64. The molecular formula is C13H23Cl2N3OS. The molecule has 1 aromatic heterocycles. The third-order valence-corrected chi connectivity index (χ3v) is 4.69. The van der Waals surface area contributed by atoms with Crippen molar-refractivity contribution in [3.63, 3.8) is 0 Å². The van der Waals surface area contributed by atoms with Crippen molar-refractivity contribution in [1.82, 2.24) is 10.3 Å². The van der Waals surface area contributed by atoms with Crippen molar-refractivity contribution in [2.45, 2.75) is 39.2 Å². The van der Waals surface area contributed by atoms with Crippen molar-refractivity contribution < 1.29 is 4.79 Å². The van der Waals surface area contributed by atoms with E-state index in [1.807, 2.05) is 5.38 Å². The number of hydrogen-bond donors (Lipinski definition) is 2. The van der Waals surface area contributed by atoms with Gasteiger partial charge in [-0.2, -0.15) is 0 Å². The molecule has 0 saturated heterocycles. The molecule has 1 saturated carbocycles. The predicted octanol–water partition coefficient (Wildman–Crippen LogP) is 2.54. The number of thiazole rings is 1. The van der Waals surface area contributed by atoms with Crippen LogP contribution in [0.5, 0.6) is 0 Å². The van der Waals surface area contributed by atoms with E-state index in [2.05, 4.69) is 17.2 Å². The minimum atomic E-state index is 0. The SMILES string of the molecule is CCc1nc(CNC(=O)[C@@H]2CCC[C@@H]2CN)cs1.Cl.Cl. The van der Waals surface area contributed by atoms with Gasteiger partial charge in [0.25, 0.3) is 0 Å². The molecule has 2 atom stereocenters. The number of rotatable bonds is 5. The van der Waals surface area contributed by atoms with Crippen molar-refractivity contribution >= 4 is 42.1 Å². The van der Waals surface area contributed by atoms with E-state index in [4.69, 9.17) is 5.73 Å². The van der Waals surface area contributed by atoms with Crippen LogP contribution >= 0.6 is 36.2 Å². The third kappa shape index (κ3) is 4.88. The molecule has 0 spiro atoms. The van der Waals surface area contributed by atoms with Gasteiger partial charge in [0.15, 0.2) is 0 Å². The minimum absolute atomic E-state index is 0. The Morgan fingerprint density at radius 3 is 2.85 bits per heavy atom. The van der Waals surface area contributed by atoms with Gasteiger partial charge in [0.2, 0.25) is 5.91 Å². The zero-order valence-corrected chi connectivity index (χ0v) is 14.1. The van der Waals surface area contributed by atoms with Crippen LogP contribution in [0.3, 0.4) is 0 Å². The van der Waals surface area contributed by atoms with Gasteiger partial charge in [-0.05, 0) is 31.7 Å². The molecule has 1 heterocycles. The maximum atomic E-state index is 12.1. The monoisotopic (exact) mass is 339 g/mol. The van der Waals surface area contributed by atoms with E-state index >= 15 is 0 Å². The molecule has 0 unspecified atom stereocenters. The van der Waals surface area contributed by atoms with E-state index in [-0.39, 0.29) is 36.6 Å². The van der Waals surface area contributed by atoms with E-state index in [1.54, 1.807) is 11.3 Å². The zero-order chi connectivity index (χ0) is 13.0. The maximum Gasteiger partial charge on any atom is 0.223 e. The fraction of sp³-hybridized carbons (Fsp3) is 0.692. The summed E-state index contributed by atoms with van der Waals surface area (Å²) in [5, 5.41) is 6.14. The van der Waals surface area contributed by atoms with Crippen LogP contribution in [0.25, 0.3) is 0 Å². The van der Waals surface area contributed by atoms with Gasteiger partial charge in [-0.25, -0.2) is 4.98 Å². The normalized spacial score (nSPS) is 20.9. The topological polar surface area (TPSA) is 68.0 Å². The number of aryl methyl sites for hydroxylation is 1. The number of nitrogens with one attached hydrogen (secondary N) is 1. The second-order valence-electron chi connectivity index (χ2n) is 4.84. The van der Waals surface area contributed by atoms with Crippen molar-refractivity contribution in [3.8, 4) is 0 Å². The first-order valence-corrected chi connectivity index (χ1v) is 7.53. The standard InChI is InChI=1S/C13H21N3OS.2ClH/c1-2-12-16-10(8-18-12)7-15-13(17)11-5-3-4-9(11)6-14;;/h8-9,11H,2-7,14H2,1H3,(H,15,17);2*1H/t9-,11-;;/m1../s1. The number of aromatic nitrogens is 1. The Hall–Kier alpha value is -0.360. The van der Waals surface area contributed by atoms with Crippen molar-refractivity contribution in [3.05, 3.63) is 16.1 Å². The van der Waals surface area contributed by atoms with Crippen LogP contribution in [0, 0.1) is 11.8 Å². The predicted molar refractivity (Wildman–Crippen MR) is 87.7 cm³/mol. The first-order valence-electron chi connectivity index (χ1n) is 6.65. The lowest BCUT2D eigenvalue weighted by Gasteiger charge is -2.16. The van der Waals surface area contributed by atoms with Gasteiger partial charge >= 0.3 is 0 Å². The summed E-state index contributed by atoms with van der Waals surface area (Å²) in [4.78, 5) is 16.5. The van der Waals surface area contributed by atoms with Gasteiger partial charge in [-0.1, -0.05) is 13.3 Å². The van der Waals surface area contributed by atoms with Gasteiger partial charge < -0.3 is 11.1 Å². The van der Waals surface area contributed by atoms with Gasteiger partial charge in [0.05, 0.1) is 17.2 Å². The molecular weight excluding hydrogens is 317 g/mol. The Balaban J connectivity index is 0.00000180. The van der Waals surface area contributed by atoms with Crippen molar-refractivity contribution in [2.24, 2.45) is 17.6 Å². The van der Waals surface area contributed by atoms with E-state index in [1.165, 1.54) is 0 Å². The first kappa shape index (κ1) is 19.6. The lowest BCUT2D eigenvalue weighted by molar-refractivity contribution is -0.126. The van der Waals surface area contributed by atoms with Gasteiger partial charge in [-0.3, -0.25) is 4.79 Å². The minimum Gasteiger partial charge on any atom is -0.350 e. The summed E-state index contributed by atoms with van der Waals surface area (Å²) in [7, 11) is 0. The second kappa shape index (κ2) is 9.55. The van der Waals surface area contributed by atoms with Gasteiger partial charge in [0.1, 0.15) is 0 Å². The molecule has 2 rings (SSSR count). The highest BCUT2D eigenvalue weighted by Gasteiger charge is 2.31. The fourth-order valence-corrected chi connectivity index (χ4v) is 3.31.